The van der Waals surface area contributed by atoms with Gasteiger partial charge in [-0.1, -0.05) is 18.1 Å². The Morgan fingerprint density at radius 3 is 2.62 bits per heavy atom. The van der Waals surface area contributed by atoms with Crippen LogP contribution in [0.4, 0.5) is 23.7 Å². The third-order valence-corrected chi connectivity index (χ3v) is 3.91. The van der Waals surface area contributed by atoms with Crippen molar-refractivity contribution >= 4 is 11.7 Å². The summed E-state index contributed by atoms with van der Waals surface area (Å²) < 4.78 is 44.1. The number of hydrogen-bond donors (Lipinski definition) is 1. The first-order valence-electron chi connectivity index (χ1n) is 7.65. The minimum atomic E-state index is -4.51. The topological polar surface area (TPSA) is 41.6 Å². The van der Waals surface area contributed by atoms with Crippen molar-refractivity contribution in [2.45, 2.75) is 19.0 Å². The van der Waals surface area contributed by atoms with E-state index in [4.69, 9.17) is 11.2 Å². The van der Waals surface area contributed by atoms with Crippen molar-refractivity contribution < 1.29 is 22.7 Å². The zero-order valence-electron chi connectivity index (χ0n) is 13.1. The Kier molecular flexibility index (Phi) is 6.10. The molecule has 7 heteroatoms. The number of nitrogens with one attached hydrogen (secondary N) is 1. The Bertz CT molecular complexity index is 603. The van der Waals surface area contributed by atoms with Crippen LogP contribution in [0.1, 0.15) is 18.4 Å². The number of urea groups is 1. The molecule has 0 radical (unpaired) electrons. The quantitative estimate of drug-likeness (QED) is 0.672. The summed E-state index contributed by atoms with van der Waals surface area (Å²) in [5.74, 6) is 2.70. The third kappa shape index (κ3) is 4.90. The first kappa shape index (κ1) is 18.1. The summed E-state index contributed by atoms with van der Waals surface area (Å²) in [6, 6.07) is 4.43. The number of carbonyl (C=O) groups excluding carboxylic acids is 1. The maximum atomic E-state index is 12.9. The molecule has 0 bridgehead atoms. The molecule has 0 aromatic heterocycles. The molecule has 1 fully saturated rings. The molecule has 1 heterocycles. The molecule has 130 valence electrons. The van der Waals surface area contributed by atoms with Crippen molar-refractivity contribution in [1.82, 2.24) is 4.90 Å². The van der Waals surface area contributed by atoms with Gasteiger partial charge in [0.05, 0.1) is 17.9 Å². The maximum Gasteiger partial charge on any atom is 0.418 e. The van der Waals surface area contributed by atoms with Crippen molar-refractivity contribution in [2.75, 3.05) is 31.6 Å². The molecule has 1 saturated heterocycles. The lowest BCUT2D eigenvalue weighted by Gasteiger charge is -2.32. The number of anilines is 1. The first-order valence-corrected chi connectivity index (χ1v) is 7.65. The summed E-state index contributed by atoms with van der Waals surface area (Å²) in [4.78, 5) is 13.7. The predicted octanol–water partition coefficient (Wildman–Crippen LogP) is 3.60. The number of ether oxygens (including phenoxy) is 1. The summed E-state index contributed by atoms with van der Waals surface area (Å²) in [5, 5.41) is 2.36. The molecule has 2 rings (SSSR count). The van der Waals surface area contributed by atoms with Gasteiger partial charge in [0.25, 0.3) is 0 Å². The fourth-order valence-corrected chi connectivity index (χ4v) is 2.62. The van der Waals surface area contributed by atoms with Gasteiger partial charge >= 0.3 is 12.2 Å². The minimum absolute atomic E-state index is 0.227. The molecule has 1 aliphatic rings. The van der Waals surface area contributed by atoms with Crippen LogP contribution >= 0.6 is 0 Å². The Balaban J connectivity index is 1.90. The fourth-order valence-electron chi connectivity index (χ4n) is 2.62. The summed E-state index contributed by atoms with van der Waals surface area (Å²) in [7, 11) is 0. The van der Waals surface area contributed by atoms with E-state index in [1.807, 2.05) is 0 Å². The molecule has 0 spiro atoms. The van der Waals surface area contributed by atoms with Crippen LogP contribution < -0.4 is 5.32 Å². The highest BCUT2D eigenvalue weighted by molar-refractivity contribution is 5.90. The van der Waals surface area contributed by atoms with Gasteiger partial charge in [0, 0.05) is 13.1 Å². The van der Waals surface area contributed by atoms with E-state index in [0.717, 1.165) is 18.9 Å². The number of alkyl halides is 3. The highest BCUT2D eigenvalue weighted by atomic mass is 19.4. The van der Waals surface area contributed by atoms with Gasteiger partial charge in [0.15, 0.2) is 0 Å². The number of carbonyl (C=O) groups is 1. The summed E-state index contributed by atoms with van der Waals surface area (Å²) in [5.41, 5.74) is -1.08. The Hall–Kier alpha value is -2.20. The molecule has 0 unspecified atom stereocenters. The second-order valence-electron chi connectivity index (χ2n) is 5.62. The van der Waals surface area contributed by atoms with Crippen LogP contribution in [0, 0.1) is 18.3 Å². The third-order valence-electron chi connectivity index (χ3n) is 3.91. The molecule has 1 aromatic carbocycles. The lowest BCUT2D eigenvalue weighted by atomic mass is 9.98. The Labute approximate surface area is 139 Å². The monoisotopic (exact) mass is 340 g/mol. The number of amides is 2. The van der Waals surface area contributed by atoms with E-state index in [2.05, 4.69) is 11.2 Å². The number of benzene rings is 1. The van der Waals surface area contributed by atoms with Crippen LogP contribution in [-0.4, -0.2) is 37.2 Å². The molecule has 2 amide bonds. The lowest BCUT2D eigenvalue weighted by molar-refractivity contribution is -0.136. The molecule has 1 aliphatic heterocycles. The standard InChI is InChI=1S/C17H19F3N2O2/c1-2-11-24-12-13-7-9-22(10-8-13)16(23)21-15-6-4-3-5-14(15)17(18,19)20/h1,3-6,13H,7-12H2,(H,21,23). The average molecular weight is 340 g/mol. The van der Waals surface area contributed by atoms with Gasteiger partial charge < -0.3 is 15.0 Å². The summed E-state index contributed by atoms with van der Waals surface area (Å²) in [6.07, 6.45) is 2.07. The molecule has 1 aromatic rings. The van der Waals surface area contributed by atoms with Gasteiger partial charge in [0.2, 0.25) is 0 Å². The number of likely N-dealkylation sites (tertiary alicyclic amines) is 1. The van der Waals surface area contributed by atoms with E-state index in [1.54, 1.807) is 0 Å². The zero-order valence-corrected chi connectivity index (χ0v) is 13.1. The number of halogens is 3. The van der Waals surface area contributed by atoms with Crippen molar-refractivity contribution in [3.63, 3.8) is 0 Å². The number of rotatable bonds is 4. The summed E-state index contributed by atoms with van der Waals surface area (Å²) >= 11 is 0. The van der Waals surface area contributed by atoms with Crippen LogP contribution in [0.25, 0.3) is 0 Å². The Morgan fingerprint density at radius 1 is 1.33 bits per heavy atom. The second-order valence-corrected chi connectivity index (χ2v) is 5.62. The van der Waals surface area contributed by atoms with Gasteiger partial charge in [-0.15, -0.1) is 6.42 Å². The Morgan fingerprint density at radius 2 is 2.00 bits per heavy atom. The van der Waals surface area contributed by atoms with E-state index >= 15 is 0 Å². The average Bonchev–Trinajstić information content (AvgIpc) is 2.55. The lowest BCUT2D eigenvalue weighted by Crippen LogP contribution is -2.42. The van der Waals surface area contributed by atoms with Crippen molar-refractivity contribution in [3.05, 3.63) is 29.8 Å². The number of nitrogens with zero attached hydrogens (tertiary/aromatic N) is 1. The normalized spacial score (nSPS) is 15.8. The van der Waals surface area contributed by atoms with Crippen LogP contribution in [0.2, 0.25) is 0 Å². The van der Waals surface area contributed by atoms with Gasteiger partial charge in [-0.2, -0.15) is 13.2 Å². The van der Waals surface area contributed by atoms with Crippen LogP contribution in [0.5, 0.6) is 0 Å². The summed E-state index contributed by atoms with van der Waals surface area (Å²) in [6.45, 7) is 1.75. The highest BCUT2D eigenvalue weighted by Crippen LogP contribution is 2.34. The van der Waals surface area contributed by atoms with Crippen molar-refractivity contribution in [1.29, 1.82) is 0 Å². The number of hydrogen-bond acceptors (Lipinski definition) is 2. The smallest absolute Gasteiger partial charge is 0.369 e. The molecule has 0 saturated carbocycles. The number of piperidine rings is 1. The van der Waals surface area contributed by atoms with E-state index in [-0.39, 0.29) is 12.3 Å². The largest absolute Gasteiger partial charge is 0.418 e. The van der Waals surface area contributed by atoms with Gasteiger partial charge in [0.1, 0.15) is 6.61 Å². The second kappa shape index (κ2) is 8.06. The van der Waals surface area contributed by atoms with Crippen molar-refractivity contribution in [2.24, 2.45) is 5.92 Å². The molecule has 4 nitrogen and oxygen atoms in total. The molecular formula is C17H19F3N2O2. The van der Waals surface area contributed by atoms with Crippen LogP contribution in [0.3, 0.4) is 0 Å². The maximum absolute atomic E-state index is 12.9. The fraction of sp³-hybridized carbons (Fsp3) is 0.471. The molecule has 0 atom stereocenters. The minimum Gasteiger partial charge on any atom is -0.369 e. The SMILES string of the molecule is C#CCOCC1CCN(C(=O)Nc2ccccc2C(F)(F)F)CC1. The molecular weight excluding hydrogens is 321 g/mol. The van der Waals surface area contributed by atoms with Gasteiger partial charge in [-0.05, 0) is 30.9 Å². The van der Waals surface area contributed by atoms with Crippen molar-refractivity contribution in [3.8, 4) is 12.3 Å². The predicted molar refractivity (Wildman–Crippen MR) is 84.4 cm³/mol. The molecule has 1 N–H and O–H groups in total. The first-order chi connectivity index (χ1) is 11.4. The van der Waals surface area contributed by atoms with Crippen LogP contribution in [0.15, 0.2) is 24.3 Å². The zero-order chi connectivity index (χ0) is 17.6. The van der Waals surface area contributed by atoms with Gasteiger partial charge in [-0.25, -0.2) is 4.79 Å². The van der Waals surface area contributed by atoms with E-state index < -0.39 is 17.8 Å². The van der Waals surface area contributed by atoms with Crippen LogP contribution in [-0.2, 0) is 10.9 Å². The van der Waals surface area contributed by atoms with Gasteiger partial charge in [-0.3, -0.25) is 0 Å². The highest BCUT2D eigenvalue weighted by Gasteiger charge is 2.34. The number of para-hydroxylation sites is 1. The van der Waals surface area contributed by atoms with E-state index in [0.29, 0.717) is 25.6 Å². The van der Waals surface area contributed by atoms with E-state index in [9.17, 15) is 18.0 Å². The van der Waals surface area contributed by atoms with E-state index in [1.165, 1.54) is 23.1 Å². The molecule has 24 heavy (non-hydrogen) atoms. The molecule has 0 aliphatic carbocycles. The number of terminal acetylenes is 1.